The predicted molar refractivity (Wildman–Crippen MR) is 102 cm³/mol. The van der Waals surface area contributed by atoms with Crippen LogP contribution < -0.4 is 0 Å². The summed E-state index contributed by atoms with van der Waals surface area (Å²) in [5, 5.41) is 1.03. The van der Waals surface area contributed by atoms with E-state index in [1.54, 1.807) is 0 Å². The number of hydrogen-bond acceptors (Lipinski definition) is 1. The molecule has 0 radical (unpaired) electrons. The third-order valence-corrected chi connectivity index (χ3v) is 4.99. The average molecular weight is 348 g/mol. The lowest BCUT2D eigenvalue weighted by atomic mass is 9.98. The number of halogens is 1. The van der Waals surface area contributed by atoms with Crippen LogP contribution in [0.15, 0.2) is 54.7 Å². The largest absolute Gasteiger partial charge is 0.360 e. The lowest BCUT2D eigenvalue weighted by molar-refractivity contribution is -0.130. The fourth-order valence-electron chi connectivity index (χ4n) is 3.61. The van der Waals surface area contributed by atoms with Gasteiger partial charge < -0.3 is 9.88 Å². The summed E-state index contributed by atoms with van der Waals surface area (Å²) in [6.07, 6.45) is 5.30. The second kappa shape index (κ2) is 6.79. The molecule has 26 heavy (non-hydrogen) atoms. The molecule has 1 N–H and O–H groups in total. The Morgan fingerprint density at radius 1 is 1.23 bits per heavy atom. The molecule has 0 fully saturated rings. The monoisotopic (exact) mass is 348 g/mol. The van der Waals surface area contributed by atoms with E-state index >= 15 is 0 Å². The fraction of sp³-hybridized carbons (Fsp3) is 0.227. The van der Waals surface area contributed by atoms with E-state index < -0.39 is 0 Å². The van der Waals surface area contributed by atoms with Crippen LogP contribution in [0.1, 0.15) is 23.1 Å². The third kappa shape index (κ3) is 3.27. The smallest absolute Gasteiger partial charge is 0.227 e. The summed E-state index contributed by atoms with van der Waals surface area (Å²) >= 11 is 0. The summed E-state index contributed by atoms with van der Waals surface area (Å²) in [6, 6.07) is 12.9. The van der Waals surface area contributed by atoms with Gasteiger partial charge in [-0.2, -0.15) is 0 Å². The molecule has 0 spiro atoms. The van der Waals surface area contributed by atoms with E-state index in [-0.39, 0.29) is 11.7 Å². The standard InChI is InChI=1S/C22H21FN2O/c1-15-3-2-4-16(11-15)12-22(26)25-9-7-17(8-10-25)20-14-24-21-13-18(23)5-6-19(20)21/h2-7,11,13-14,24H,8-10,12H2,1H3. The molecule has 1 amide bonds. The fourth-order valence-corrected chi connectivity index (χ4v) is 3.61. The van der Waals surface area contributed by atoms with Gasteiger partial charge in [0.15, 0.2) is 0 Å². The minimum atomic E-state index is -0.239. The van der Waals surface area contributed by atoms with E-state index in [0.717, 1.165) is 28.5 Å². The number of amides is 1. The van der Waals surface area contributed by atoms with Crippen molar-refractivity contribution in [2.24, 2.45) is 0 Å². The molecule has 4 rings (SSSR count). The first kappa shape index (κ1) is 16.6. The van der Waals surface area contributed by atoms with Crippen molar-refractivity contribution in [3.05, 3.63) is 77.2 Å². The van der Waals surface area contributed by atoms with Crippen LogP contribution in [0, 0.1) is 12.7 Å². The van der Waals surface area contributed by atoms with Gasteiger partial charge >= 0.3 is 0 Å². The van der Waals surface area contributed by atoms with Gasteiger partial charge in [-0.3, -0.25) is 4.79 Å². The van der Waals surface area contributed by atoms with E-state index in [0.29, 0.717) is 19.5 Å². The number of aromatic amines is 1. The summed E-state index contributed by atoms with van der Waals surface area (Å²) in [4.78, 5) is 17.6. The normalized spacial score (nSPS) is 14.5. The number of carbonyl (C=O) groups is 1. The summed E-state index contributed by atoms with van der Waals surface area (Å²) in [5.74, 6) is -0.0802. The van der Waals surface area contributed by atoms with E-state index in [9.17, 15) is 9.18 Å². The predicted octanol–water partition coefficient (Wildman–Crippen LogP) is 4.47. The minimum absolute atomic E-state index is 0.159. The zero-order valence-corrected chi connectivity index (χ0v) is 14.8. The van der Waals surface area contributed by atoms with E-state index in [1.165, 1.54) is 23.3 Å². The van der Waals surface area contributed by atoms with Crippen molar-refractivity contribution in [1.29, 1.82) is 0 Å². The number of H-pyrrole nitrogens is 1. The quantitative estimate of drug-likeness (QED) is 0.745. The lowest BCUT2D eigenvalue weighted by Crippen LogP contribution is -2.35. The third-order valence-electron chi connectivity index (χ3n) is 4.99. The van der Waals surface area contributed by atoms with E-state index in [4.69, 9.17) is 0 Å². The Kier molecular flexibility index (Phi) is 4.33. The van der Waals surface area contributed by atoms with Crippen LogP contribution in [0.2, 0.25) is 0 Å². The number of carbonyl (C=O) groups excluding carboxylic acids is 1. The maximum atomic E-state index is 13.4. The molecule has 132 valence electrons. The Labute approximate surface area is 152 Å². The van der Waals surface area contributed by atoms with Gasteiger partial charge in [-0.05, 0) is 42.7 Å². The molecule has 0 bridgehead atoms. The van der Waals surface area contributed by atoms with Crippen LogP contribution in [-0.4, -0.2) is 28.9 Å². The SMILES string of the molecule is Cc1cccc(CC(=O)N2CC=C(c3c[nH]c4cc(F)ccc34)CC2)c1. The van der Waals surface area contributed by atoms with Crippen molar-refractivity contribution in [3.63, 3.8) is 0 Å². The Morgan fingerprint density at radius 2 is 2.12 bits per heavy atom. The van der Waals surface area contributed by atoms with Crippen molar-refractivity contribution in [3.8, 4) is 0 Å². The molecule has 1 aliphatic rings. The van der Waals surface area contributed by atoms with Crippen LogP contribution in [0.3, 0.4) is 0 Å². The first-order valence-corrected chi connectivity index (χ1v) is 8.89. The number of hydrogen-bond donors (Lipinski definition) is 1. The van der Waals surface area contributed by atoms with Gasteiger partial charge in [0.2, 0.25) is 5.91 Å². The molecule has 0 aliphatic carbocycles. The van der Waals surface area contributed by atoms with Crippen molar-refractivity contribution < 1.29 is 9.18 Å². The van der Waals surface area contributed by atoms with Gasteiger partial charge in [-0.25, -0.2) is 4.39 Å². The van der Waals surface area contributed by atoms with Crippen LogP contribution in [0.5, 0.6) is 0 Å². The number of benzene rings is 2. The van der Waals surface area contributed by atoms with Crippen molar-refractivity contribution in [1.82, 2.24) is 9.88 Å². The molecular formula is C22H21FN2O. The van der Waals surface area contributed by atoms with E-state index in [1.807, 2.05) is 42.3 Å². The summed E-state index contributed by atoms with van der Waals surface area (Å²) < 4.78 is 13.4. The molecule has 4 heteroatoms. The number of nitrogens with zero attached hydrogens (tertiary/aromatic N) is 1. The summed E-state index contributed by atoms with van der Waals surface area (Å²) in [6.45, 7) is 3.37. The molecule has 0 atom stereocenters. The molecular weight excluding hydrogens is 327 g/mol. The maximum absolute atomic E-state index is 13.4. The van der Waals surface area contributed by atoms with Crippen LogP contribution in [0.4, 0.5) is 4.39 Å². The van der Waals surface area contributed by atoms with E-state index in [2.05, 4.69) is 17.1 Å². The average Bonchev–Trinajstić information content (AvgIpc) is 3.05. The molecule has 1 aromatic heterocycles. The van der Waals surface area contributed by atoms with Gasteiger partial charge in [-0.1, -0.05) is 35.9 Å². The lowest BCUT2D eigenvalue weighted by Gasteiger charge is -2.26. The molecule has 3 aromatic rings. The highest BCUT2D eigenvalue weighted by atomic mass is 19.1. The molecule has 3 nitrogen and oxygen atoms in total. The molecule has 2 heterocycles. The second-order valence-corrected chi connectivity index (χ2v) is 6.88. The number of aromatic nitrogens is 1. The highest BCUT2D eigenvalue weighted by Crippen LogP contribution is 2.29. The summed E-state index contributed by atoms with van der Waals surface area (Å²) in [5.41, 5.74) is 5.35. The van der Waals surface area contributed by atoms with Gasteiger partial charge in [0.1, 0.15) is 5.82 Å². The first-order valence-electron chi connectivity index (χ1n) is 8.89. The van der Waals surface area contributed by atoms with Gasteiger partial charge in [0.25, 0.3) is 0 Å². The Bertz CT molecular complexity index is 1000. The zero-order chi connectivity index (χ0) is 18.1. The highest BCUT2D eigenvalue weighted by Gasteiger charge is 2.19. The Hall–Kier alpha value is -2.88. The Morgan fingerprint density at radius 3 is 2.88 bits per heavy atom. The number of rotatable bonds is 3. The Balaban J connectivity index is 1.48. The van der Waals surface area contributed by atoms with Crippen molar-refractivity contribution in [2.75, 3.05) is 13.1 Å². The molecule has 0 saturated carbocycles. The molecule has 2 aromatic carbocycles. The number of nitrogens with one attached hydrogen (secondary N) is 1. The molecule has 0 saturated heterocycles. The van der Waals surface area contributed by atoms with Gasteiger partial charge in [-0.15, -0.1) is 0 Å². The topological polar surface area (TPSA) is 36.1 Å². The minimum Gasteiger partial charge on any atom is -0.360 e. The van der Waals surface area contributed by atoms with Crippen LogP contribution >= 0.6 is 0 Å². The second-order valence-electron chi connectivity index (χ2n) is 6.88. The molecule has 1 aliphatic heterocycles. The zero-order valence-electron chi connectivity index (χ0n) is 14.8. The van der Waals surface area contributed by atoms with Crippen molar-refractivity contribution >= 4 is 22.4 Å². The summed E-state index contributed by atoms with van der Waals surface area (Å²) in [7, 11) is 0. The first-order chi connectivity index (χ1) is 12.6. The maximum Gasteiger partial charge on any atom is 0.227 e. The number of fused-ring (bicyclic) bond motifs is 1. The number of aryl methyl sites for hydroxylation is 1. The van der Waals surface area contributed by atoms with Crippen LogP contribution in [0.25, 0.3) is 16.5 Å². The van der Waals surface area contributed by atoms with Gasteiger partial charge in [0, 0.05) is 35.8 Å². The highest BCUT2D eigenvalue weighted by molar-refractivity contribution is 5.93. The van der Waals surface area contributed by atoms with Gasteiger partial charge in [0.05, 0.1) is 6.42 Å². The van der Waals surface area contributed by atoms with Crippen molar-refractivity contribution in [2.45, 2.75) is 19.8 Å². The van der Waals surface area contributed by atoms with Crippen LogP contribution in [-0.2, 0) is 11.2 Å². The molecule has 0 unspecified atom stereocenters.